The van der Waals surface area contributed by atoms with Gasteiger partial charge in [-0.1, -0.05) is 36.4 Å². The number of para-hydroxylation sites is 1. The first-order valence-electron chi connectivity index (χ1n) is 9.12. The van der Waals surface area contributed by atoms with Crippen molar-refractivity contribution in [1.29, 1.82) is 0 Å². The van der Waals surface area contributed by atoms with Crippen LogP contribution in [0, 0.1) is 0 Å². The predicted molar refractivity (Wildman–Crippen MR) is 112 cm³/mol. The first-order valence-corrected chi connectivity index (χ1v) is 12.3. The van der Waals surface area contributed by atoms with Gasteiger partial charge in [0.2, 0.25) is 0 Å². The largest absolute Gasteiger partial charge is 0.493 e. The van der Waals surface area contributed by atoms with Gasteiger partial charge in [0, 0.05) is 11.1 Å². The zero-order chi connectivity index (χ0) is 22.4. The Hall–Kier alpha value is -1.80. The second-order valence-corrected chi connectivity index (χ2v) is 9.90. The third kappa shape index (κ3) is 7.16. The van der Waals surface area contributed by atoms with E-state index in [-0.39, 0.29) is 26.1 Å². The molecule has 2 unspecified atom stereocenters. The van der Waals surface area contributed by atoms with Gasteiger partial charge in [0.15, 0.2) is 5.72 Å². The molecule has 30 heavy (non-hydrogen) atoms. The standard InChI is InChI=1S/C18H26N2O8S2/c19-17-9-3-7-15(18(17,20)28-11-5-13-30(24,25)26)14-6-1-2-8-16(14)27-10-4-12-29(21,22)23/h1-3,6-9,17H,4-5,10-13,19-20H2,(H,21,22,23)(H,24,25,26). The van der Waals surface area contributed by atoms with Crippen molar-refractivity contribution in [2.75, 3.05) is 24.7 Å². The molecule has 2 rings (SSSR count). The Balaban J connectivity index is 2.18. The number of benzene rings is 1. The second-order valence-electron chi connectivity index (χ2n) is 6.76. The highest BCUT2D eigenvalue weighted by Crippen LogP contribution is 2.37. The maximum absolute atomic E-state index is 10.9. The molecule has 10 nitrogen and oxygen atoms in total. The lowest BCUT2D eigenvalue weighted by molar-refractivity contribution is -0.00475. The molecule has 6 N–H and O–H groups in total. The van der Waals surface area contributed by atoms with Crippen LogP contribution in [0.15, 0.2) is 42.5 Å². The molecule has 0 aliphatic heterocycles. The summed E-state index contributed by atoms with van der Waals surface area (Å²) in [6, 6.07) is 6.15. The molecule has 0 aromatic heterocycles. The van der Waals surface area contributed by atoms with Gasteiger partial charge in [-0.15, -0.1) is 0 Å². The zero-order valence-corrected chi connectivity index (χ0v) is 17.8. The van der Waals surface area contributed by atoms with Crippen LogP contribution in [0.25, 0.3) is 5.57 Å². The molecule has 0 bridgehead atoms. The van der Waals surface area contributed by atoms with E-state index in [1.54, 1.807) is 42.5 Å². The fourth-order valence-electron chi connectivity index (χ4n) is 2.92. The molecule has 0 fully saturated rings. The highest BCUT2D eigenvalue weighted by molar-refractivity contribution is 7.86. The lowest BCUT2D eigenvalue weighted by atomic mass is 9.86. The summed E-state index contributed by atoms with van der Waals surface area (Å²) in [6.07, 6.45) is 5.16. The lowest BCUT2D eigenvalue weighted by Crippen LogP contribution is -2.58. The van der Waals surface area contributed by atoms with Crippen molar-refractivity contribution in [2.24, 2.45) is 11.5 Å². The SMILES string of the molecule is NC1C=CC=C(c2ccccc2OCCCS(=O)(=O)O)C1(N)OCCCS(=O)(=O)O. The number of ether oxygens (including phenoxy) is 2. The Morgan fingerprint density at radius 1 is 1.00 bits per heavy atom. The number of nitrogens with two attached hydrogens (primary N) is 2. The first-order chi connectivity index (χ1) is 13.9. The Labute approximate surface area is 176 Å². The Kier molecular flexibility index (Phi) is 8.16. The Morgan fingerprint density at radius 3 is 2.23 bits per heavy atom. The van der Waals surface area contributed by atoms with Gasteiger partial charge in [-0.25, -0.2) is 0 Å². The summed E-state index contributed by atoms with van der Waals surface area (Å²) in [7, 11) is -8.19. The van der Waals surface area contributed by atoms with Crippen LogP contribution in [0.4, 0.5) is 0 Å². The fourth-order valence-corrected chi connectivity index (χ4v) is 3.88. The zero-order valence-electron chi connectivity index (χ0n) is 16.2. The molecule has 0 saturated carbocycles. The lowest BCUT2D eigenvalue weighted by Gasteiger charge is -2.38. The average molecular weight is 463 g/mol. The van der Waals surface area contributed by atoms with Crippen molar-refractivity contribution in [1.82, 2.24) is 0 Å². The molecule has 0 radical (unpaired) electrons. The number of hydrogen-bond acceptors (Lipinski definition) is 8. The Morgan fingerprint density at radius 2 is 1.60 bits per heavy atom. The van der Waals surface area contributed by atoms with E-state index in [0.29, 0.717) is 16.9 Å². The third-order valence-corrected chi connectivity index (χ3v) is 5.98. The molecule has 1 aliphatic rings. The van der Waals surface area contributed by atoms with Crippen molar-refractivity contribution >= 4 is 25.8 Å². The Bertz CT molecular complexity index is 1000. The van der Waals surface area contributed by atoms with Gasteiger partial charge in [0.1, 0.15) is 5.75 Å². The highest BCUT2D eigenvalue weighted by Gasteiger charge is 2.39. The van der Waals surface area contributed by atoms with Crippen LogP contribution in [0.1, 0.15) is 18.4 Å². The molecule has 1 aliphatic carbocycles. The molecule has 1 aromatic rings. The molecule has 0 amide bonds. The van der Waals surface area contributed by atoms with Gasteiger partial charge in [-0.05, 0) is 18.9 Å². The van der Waals surface area contributed by atoms with Crippen LogP contribution < -0.4 is 16.2 Å². The average Bonchev–Trinajstić information content (AvgIpc) is 2.64. The smallest absolute Gasteiger partial charge is 0.264 e. The summed E-state index contributed by atoms with van der Waals surface area (Å²) >= 11 is 0. The molecule has 2 atom stereocenters. The van der Waals surface area contributed by atoms with E-state index >= 15 is 0 Å². The van der Waals surface area contributed by atoms with E-state index in [2.05, 4.69) is 0 Å². The summed E-state index contributed by atoms with van der Waals surface area (Å²) in [5.74, 6) is -0.484. The van der Waals surface area contributed by atoms with Crippen LogP contribution in [0.2, 0.25) is 0 Å². The fraction of sp³-hybridized carbons (Fsp3) is 0.444. The van der Waals surface area contributed by atoms with Crippen LogP contribution in [0.5, 0.6) is 5.75 Å². The quantitative estimate of drug-likeness (QED) is 0.206. The minimum absolute atomic E-state index is 0.0231. The molecule has 0 saturated heterocycles. The molecular formula is C18H26N2O8S2. The topological polar surface area (TPSA) is 179 Å². The summed E-state index contributed by atoms with van der Waals surface area (Å²) in [5, 5.41) is 0. The molecule has 0 heterocycles. The maximum atomic E-state index is 10.9. The van der Waals surface area contributed by atoms with Crippen LogP contribution in [-0.4, -0.2) is 62.4 Å². The van der Waals surface area contributed by atoms with Crippen molar-refractivity contribution < 1.29 is 35.4 Å². The number of allylic oxidation sites excluding steroid dienone is 2. The summed E-state index contributed by atoms with van der Waals surface area (Å²) in [5.41, 5.74) is 12.2. The van der Waals surface area contributed by atoms with E-state index in [4.69, 9.17) is 30.0 Å². The molecule has 0 spiro atoms. The highest BCUT2D eigenvalue weighted by atomic mass is 32.2. The van der Waals surface area contributed by atoms with Crippen LogP contribution >= 0.6 is 0 Å². The van der Waals surface area contributed by atoms with E-state index in [0.717, 1.165) is 0 Å². The summed E-state index contributed by atoms with van der Waals surface area (Å²) in [4.78, 5) is 0. The van der Waals surface area contributed by atoms with E-state index in [1.807, 2.05) is 0 Å². The van der Waals surface area contributed by atoms with E-state index in [9.17, 15) is 16.8 Å². The summed E-state index contributed by atoms with van der Waals surface area (Å²) in [6.45, 7) is -0.0225. The van der Waals surface area contributed by atoms with Crippen LogP contribution in [0.3, 0.4) is 0 Å². The summed E-state index contributed by atoms with van der Waals surface area (Å²) < 4.78 is 72.6. The predicted octanol–water partition coefficient (Wildman–Crippen LogP) is 0.573. The van der Waals surface area contributed by atoms with Crippen molar-refractivity contribution in [3.8, 4) is 5.75 Å². The van der Waals surface area contributed by atoms with Gasteiger partial charge >= 0.3 is 0 Å². The van der Waals surface area contributed by atoms with Gasteiger partial charge < -0.3 is 15.2 Å². The van der Waals surface area contributed by atoms with Gasteiger partial charge in [0.05, 0.1) is 30.8 Å². The van der Waals surface area contributed by atoms with Crippen molar-refractivity contribution in [3.05, 3.63) is 48.1 Å². The molecular weight excluding hydrogens is 436 g/mol. The minimum atomic E-state index is -4.12. The van der Waals surface area contributed by atoms with Gasteiger partial charge in [0.25, 0.3) is 20.2 Å². The minimum Gasteiger partial charge on any atom is -0.493 e. The van der Waals surface area contributed by atoms with Gasteiger partial charge in [-0.2, -0.15) is 16.8 Å². The van der Waals surface area contributed by atoms with E-state index < -0.39 is 43.5 Å². The monoisotopic (exact) mass is 462 g/mol. The van der Waals surface area contributed by atoms with Crippen LogP contribution in [-0.2, 0) is 25.0 Å². The molecule has 168 valence electrons. The van der Waals surface area contributed by atoms with Gasteiger partial charge in [-0.3, -0.25) is 14.8 Å². The van der Waals surface area contributed by atoms with Crippen molar-refractivity contribution in [2.45, 2.75) is 24.6 Å². The van der Waals surface area contributed by atoms with Crippen molar-refractivity contribution in [3.63, 3.8) is 0 Å². The molecule has 1 aromatic carbocycles. The number of rotatable bonds is 11. The second kappa shape index (κ2) is 10.0. The van der Waals surface area contributed by atoms with E-state index in [1.165, 1.54) is 0 Å². The molecule has 12 heteroatoms. The number of hydrogen-bond donors (Lipinski definition) is 4. The normalized spacial score (nSPS) is 22.0. The maximum Gasteiger partial charge on any atom is 0.264 e. The third-order valence-electron chi connectivity index (χ3n) is 4.37. The first kappa shape index (κ1) is 24.5.